The molecule has 7 nitrogen and oxygen atoms in total. The summed E-state index contributed by atoms with van der Waals surface area (Å²) in [5, 5.41) is 2.60. The van der Waals surface area contributed by atoms with Crippen LogP contribution in [0.5, 0.6) is 5.75 Å². The van der Waals surface area contributed by atoms with E-state index in [0.29, 0.717) is 5.82 Å². The Morgan fingerprint density at radius 1 is 1.17 bits per heavy atom. The fraction of sp³-hybridized carbons (Fsp3) is 0.292. The standard InChI is InChI=1S/C24H21F4N3O4/c1-34-13-18(14-7-8-19(16(25)11-14)35-24(26,27)28)29-21(33)17-12-20(32)31-22(30-17)23(9-10-23)15-5-3-2-4-6-15/h2-8,11-12,18H,9-10,13H2,1H3,(H,29,33)(H,30,31,32)/t18-/m1/s1. The number of aromatic amines is 1. The van der Waals surface area contributed by atoms with Crippen molar-refractivity contribution in [2.24, 2.45) is 0 Å². The van der Waals surface area contributed by atoms with E-state index in [1.807, 2.05) is 30.3 Å². The highest BCUT2D eigenvalue weighted by atomic mass is 19.4. The third-order valence-corrected chi connectivity index (χ3v) is 5.73. The van der Waals surface area contributed by atoms with Crippen molar-refractivity contribution in [1.29, 1.82) is 0 Å². The van der Waals surface area contributed by atoms with E-state index in [-0.39, 0.29) is 17.9 Å². The summed E-state index contributed by atoms with van der Waals surface area (Å²) < 4.78 is 60.2. The molecule has 0 aliphatic heterocycles. The molecule has 1 aromatic heterocycles. The van der Waals surface area contributed by atoms with Gasteiger partial charge in [0.1, 0.15) is 11.5 Å². The molecule has 2 aromatic carbocycles. The van der Waals surface area contributed by atoms with Gasteiger partial charge in [-0.1, -0.05) is 36.4 Å². The fourth-order valence-electron chi connectivity index (χ4n) is 3.91. The number of rotatable bonds is 8. The van der Waals surface area contributed by atoms with Gasteiger partial charge in [-0.05, 0) is 36.1 Å². The van der Waals surface area contributed by atoms with Crippen molar-refractivity contribution in [2.75, 3.05) is 13.7 Å². The predicted octanol–water partition coefficient (Wildman–Crippen LogP) is 4.01. The van der Waals surface area contributed by atoms with Gasteiger partial charge in [-0.25, -0.2) is 9.37 Å². The number of alkyl halides is 3. The van der Waals surface area contributed by atoms with Crippen LogP contribution in [0.3, 0.4) is 0 Å². The first-order chi connectivity index (χ1) is 16.6. The number of benzene rings is 2. The molecular formula is C24H21F4N3O4. The van der Waals surface area contributed by atoms with Crippen LogP contribution < -0.4 is 15.6 Å². The minimum atomic E-state index is -5.05. The Bertz CT molecular complexity index is 1270. The number of carbonyl (C=O) groups is 1. The second-order valence-electron chi connectivity index (χ2n) is 8.15. The molecule has 0 spiro atoms. The average molecular weight is 491 g/mol. The van der Waals surface area contributed by atoms with Crippen LogP contribution in [0.25, 0.3) is 0 Å². The molecule has 0 bridgehead atoms. The van der Waals surface area contributed by atoms with Gasteiger partial charge in [-0.2, -0.15) is 0 Å². The molecule has 0 saturated heterocycles. The van der Waals surface area contributed by atoms with Crippen molar-refractivity contribution in [3.8, 4) is 5.75 Å². The maximum atomic E-state index is 14.2. The first-order valence-electron chi connectivity index (χ1n) is 10.6. The Labute approximate surface area is 197 Å². The lowest BCUT2D eigenvalue weighted by atomic mass is 9.95. The molecule has 1 aliphatic rings. The van der Waals surface area contributed by atoms with Crippen molar-refractivity contribution in [1.82, 2.24) is 15.3 Å². The van der Waals surface area contributed by atoms with Gasteiger partial charge < -0.3 is 19.8 Å². The molecule has 184 valence electrons. The van der Waals surface area contributed by atoms with E-state index in [4.69, 9.17) is 4.74 Å². The highest BCUT2D eigenvalue weighted by molar-refractivity contribution is 5.92. The number of nitrogens with one attached hydrogen (secondary N) is 2. The first kappa shape index (κ1) is 24.4. The predicted molar refractivity (Wildman–Crippen MR) is 116 cm³/mol. The largest absolute Gasteiger partial charge is 0.573 e. The lowest BCUT2D eigenvalue weighted by molar-refractivity contribution is -0.275. The van der Waals surface area contributed by atoms with Gasteiger partial charge in [-0.15, -0.1) is 13.2 Å². The Kier molecular flexibility index (Phi) is 6.62. The molecule has 35 heavy (non-hydrogen) atoms. The summed E-state index contributed by atoms with van der Waals surface area (Å²) in [5.74, 6) is -2.62. The zero-order valence-electron chi connectivity index (χ0n) is 18.5. The van der Waals surface area contributed by atoms with Crippen molar-refractivity contribution < 1.29 is 31.8 Å². The van der Waals surface area contributed by atoms with Crippen LogP contribution in [0.1, 0.15) is 46.3 Å². The Morgan fingerprint density at radius 2 is 1.89 bits per heavy atom. The van der Waals surface area contributed by atoms with E-state index in [1.165, 1.54) is 13.2 Å². The number of halogens is 4. The van der Waals surface area contributed by atoms with Crippen LogP contribution in [-0.2, 0) is 10.2 Å². The molecule has 1 aliphatic carbocycles. The number of methoxy groups -OCH3 is 1. The van der Waals surface area contributed by atoms with Gasteiger partial charge in [0.15, 0.2) is 11.6 Å². The van der Waals surface area contributed by atoms with E-state index in [2.05, 4.69) is 20.0 Å². The summed E-state index contributed by atoms with van der Waals surface area (Å²) in [4.78, 5) is 32.4. The monoisotopic (exact) mass is 491 g/mol. The molecular weight excluding hydrogens is 470 g/mol. The second kappa shape index (κ2) is 9.49. The first-order valence-corrected chi connectivity index (χ1v) is 10.6. The Morgan fingerprint density at radius 3 is 2.49 bits per heavy atom. The van der Waals surface area contributed by atoms with Crippen LogP contribution in [0, 0.1) is 5.82 Å². The fourth-order valence-corrected chi connectivity index (χ4v) is 3.91. The van der Waals surface area contributed by atoms with Gasteiger partial charge in [0.2, 0.25) is 0 Å². The minimum absolute atomic E-state index is 0.116. The molecule has 4 rings (SSSR count). The second-order valence-corrected chi connectivity index (χ2v) is 8.15. The number of ether oxygens (including phenoxy) is 2. The summed E-state index contributed by atoms with van der Waals surface area (Å²) in [6, 6.07) is 12.4. The molecule has 1 amide bonds. The zero-order chi connectivity index (χ0) is 25.2. The molecule has 11 heteroatoms. The maximum absolute atomic E-state index is 14.2. The summed E-state index contributed by atoms with van der Waals surface area (Å²) in [7, 11) is 1.34. The SMILES string of the molecule is COC[C@@H](NC(=O)c1cc(=O)[nH]c(C2(c3ccccc3)CC2)n1)c1ccc(OC(F)(F)F)c(F)c1. The van der Waals surface area contributed by atoms with Crippen molar-refractivity contribution in [3.63, 3.8) is 0 Å². The number of nitrogens with zero attached hydrogens (tertiary/aromatic N) is 1. The quantitative estimate of drug-likeness (QED) is 0.465. The third kappa shape index (κ3) is 5.51. The lowest BCUT2D eigenvalue weighted by Crippen LogP contribution is -2.34. The molecule has 3 aromatic rings. The van der Waals surface area contributed by atoms with Gasteiger partial charge in [-0.3, -0.25) is 9.59 Å². The van der Waals surface area contributed by atoms with Gasteiger partial charge in [0.25, 0.3) is 11.5 Å². The van der Waals surface area contributed by atoms with Gasteiger partial charge in [0, 0.05) is 13.2 Å². The van der Waals surface area contributed by atoms with E-state index < -0.39 is 40.9 Å². The number of carbonyl (C=O) groups excluding carboxylic acids is 1. The summed E-state index contributed by atoms with van der Waals surface area (Å²) in [6.07, 6.45) is -3.54. The molecule has 1 saturated carbocycles. The molecule has 1 fully saturated rings. The van der Waals surface area contributed by atoms with Crippen LogP contribution >= 0.6 is 0 Å². The van der Waals surface area contributed by atoms with E-state index >= 15 is 0 Å². The number of H-pyrrole nitrogens is 1. The smallest absolute Gasteiger partial charge is 0.403 e. The highest BCUT2D eigenvalue weighted by Gasteiger charge is 2.48. The van der Waals surface area contributed by atoms with Crippen LogP contribution in [0.15, 0.2) is 59.4 Å². The molecule has 0 unspecified atom stereocenters. The number of aromatic nitrogens is 2. The lowest BCUT2D eigenvalue weighted by Gasteiger charge is -2.20. The Hall–Kier alpha value is -3.73. The van der Waals surface area contributed by atoms with Crippen LogP contribution in [0.4, 0.5) is 17.6 Å². The number of hydrogen-bond acceptors (Lipinski definition) is 5. The summed E-state index contributed by atoms with van der Waals surface area (Å²) in [5.41, 5.74) is -0.0372. The average Bonchev–Trinajstić information content (AvgIpc) is 3.62. The minimum Gasteiger partial charge on any atom is -0.403 e. The van der Waals surface area contributed by atoms with Crippen molar-refractivity contribution in [3.05, 3.63) is 93.4 Å². The van der Waals surface area contributed by atoms with Crippen LogP contribution in [-0.4, -0.2) is 36.0 Å². The normalized spacial score (nSPS) is 15.3. The van der Waals surface area contributed by atoms with E-state index in [0.717, 1.165) is 36.6 Å². The van der Waals surface area contributed by atoms with Gasteiger partial charge >= 0.3 is 6.36 Å². The van der Waals surface area contributed by atoms with Gasteiger partial charge in [0.05, 0.1) is 18.1 Å². The molecule has 1 atom stereocenters. The van der Waals surface area contributed by atoms with E-state index in [1.54, 1.807) is 0 Å². The van der Waals surface area contributed by atoms with E-state index in [9.17, 15) is 27.2 Å². The number of amides is 1. The topological polar surface area (TPSA) is 93.3 Å². The zero-order valence-corrected chi connectivity index (χ0v) is 18.5. The molecule has 2 N–H and O–H groups in total. The number of hydrogen-bond donors (Lipinski definition) is 2. The maximum Gasteiger partial charge on any atom is 0.573 e. The molecule has 0 radical (unpaired) electrons. The highest BCUT2D eigenvalue weighted by Crippen LogP contribution is 2.51. The molecule has 1 heterocycles. The summed E-state index contributed by atoms with van der Waals surface area (Å²) in [6.45, 7) is -0.116. The van der Waals surface area contributed by atoms with Crippen molar-refractivity contribution in [2.45, 2.75) is 30.7 Å². The summed E-state index contributed by atoms with van der Waals surface area (Å²) >= 11 is 0. The van der Waals surface area contributed by atoms with Crippen LogP contribution in [0.2, 0.25) is 0 Å². The van der Waals surface area contributed by atoms with Crippen molar-refractivity contribution >= 4 is 5.91 Å². The Balaban J connectivity index is 1.58. The third-order valence-electron chi connectivity index (χ3n) is 5.73.